The zero-order chi connectivity index (χ0) is 15.2. The molecule has 1 amide bonds. The first-order valence-corrected chi connectivity index (χ1v) is 7.65. The fourth-order valence-corrected chi connectivity index (χ4v) is 2.90. The van der Waals surface area contributed by atoms with Crippen LogP contribution in [-0.4, -0.2) is 53.7 Å². The first-order valence-electron chi connectivity index (χ1n) is 7.65. The van der Waals surface area contributed by atoms with Crippen molar-refractivity contribution >= 4 is 5.91 Å². The van der Waals surface area contributed by atoms with Crippen molar-refractivity contribution in [1.29, 1.82) is 0 Å². The van der Waals surface area contributed by atoms with E-state index in [0.29, 0.717) is 18.0 Å². The van der Waals surface area contributed by atoms with Gasteiger partial charge in [0.1, 0.15) is 0 Å². The highest BCUT2D eigenvalue weighted by molar-refractivity contribution is 5.94. The van der Waals surface area contributed by atoms with Crippen LogP contribution in [0.3, 0.4) is 0 Å². The van der Waals surface area contributed by atoms with Crippen LogP contribution in [0.1, 0.15) is 34.6 Å². The lowest BCUT2D eigenvalue weighted by Crippen LogP contribution is -2.41. The van der Waals surface area contributed by atoms with E-state index in [1.54, 1.807) is 0 Å². The van der Waals surface area contributed by atoms with Gasteiger partial charge >= 0.3 is 0 Å². The summed E-state index contributed by atoms with van der Waals surface area (Å²) in [6, 6.07) is 3.62. The second-order valence-electron chi connectivity index (χ2n) is 5.89. The molecular weight excluding hydrogens is 266 g/mol. The number of nitrogens with one attached hydrogen (secondary N) is 1. The summed E-state index contributed by atoms with van der Waals surface area (Å²) in [7, 11) is 0. The Morgan fingerprint density at radius 2 is 2.14 bits per heavy atom. The maximum absolute atomic E-state index is 12.1. The second kappa shape index (κ2) is 7.52. The summed E-state index contributed by atoms with van der Waals surface area (Å²) in [5, 5.41) is 12.2. The zero-order valence-corrected chi connectivity index (χ0v) is 12.9. The van der Waals surface area contributed by atoms with Crippen LogP contribution in [0.2, 0.25) is 0 Å². The van der Waals surface area contributed by atoms with E-state index in [1.165, 1.54) is 0 Å². The molecule has 0 bridgehead atoms. The van der Waals surface area contributed by atoms with Crippen LogP contribution in [0.4, 0.5) is 0 Å². The molecule has 1 aromatic rings. The Hall–Kier alpha value is -1.46. The van der Waals surface area contributed by atoms with Crippen molar-refractivity contribution in [2.75, 3.05) is 32.8 Å². The minimum Gasteiger partial charge on any atom is -0.396 e. The minimum absolute atomic E-state index is 0.0423. The van der Waals surface area contributed by atoms with Crippen LogP contribution < -0.4 is 5.32 Å². The summed E-state index contributed by atoms with van der Waals surface area (Å²) in [6.07, 6.45) is 2.23. The molecule has 0 saturated carbocycles. The van der Waals surface area contributed by atoms with Gasteiger partial charge in [0.25, 0.3) is 5.91 Å². The van der Waals surface area contributed by atoms with Crippen LogP contribution in [0.25, 0.3) is 0 Å². The highest BCUT2D eigenvalue weighted by Crippen LogP contribution is 2.15. The van der Waals surface area contributed by atoms with E-state index in [4.69, 9.17) is 0 Å². The molecule has 21 heavy (non-hydrogen) atoms. The van der Waals surface area contributed by atoms with Gasteiger partial charge in [0.05, 0.1) is 0 Å². The summed E-state index contributed by atoms with van der Waals surface area (Å²) < 4.78 is 0. The second-order valence-corrected chi connectivity index (χ2v) is 5.89. The summed E-state index contributed by atoms with van der Waals surface area (Å²) in [4.78, 5) is 18.7. The largest absolute Gasteiger partial charge is 0.396 e. The normalized spacial score (nSPS) is 19.5. The third kappa shape index (κ3) is 4.79. The lowest BCUT2D eigenvalue weighted by Gasteiger charge is -2.31. The highest BCUT2D eigenvalue weighted by Gasteiger charge is 2.18. The maximum Gasteiger partial charge on any atom is 0.251 e. The fraction of sp³-hybridized carbons (Fsp3) is 0.625. The molecule has 0 spiro atoms. The monoisotopic (exact) mass is 291 g/mol. The van der Waals surface area contributed by atoms with Crippen molar-refractivity contribution < 1.29 is 9.90 Å². The van der Waals surface area contributed by atoms with Crippen LogP contribution in [0.5, 0.6) is 0 Å². The van der Waals surface area contributed by atoms with E-state index in [2.05, 4.69) is 15.2 Å². The molecule has 5 nitrogen and oxygen atoms in total. The van der Waals surface area contributed by atoms with Crippen LogP contribution in [-0.2, 0) is 0 Å². The number of hydrogen-bond acceptors (Lipinski definition) is 4. The van der Waals surface area contributed by atoms with Gasteiger partial charge in [-0.1, -0.05) is 0 Å². The van der Waals surface area contributed by atoms with E-state index in [1.807, 2.05) is 26.0 Å². The van der Waals surface area contributed by atoms with Gasteiger partial charge in [-0.25, -0.2) is 0 Å². The molecule has 0 radical (unpaired) electrons. The lowest BCUT2D eigenvalue weighted by molar-refractivity contribution is 0.0930. The number of carbonyl (C=O) groups excluding carboxylic acids is 1. The topological polar surface area (TPSA) is 65.5 Å². The minimum atomic E-state index is -0.0423. The molecule has 2 rings (SSSR count). The average Bonchev–Trinajstić information content (AvgIpc) is 2.46. The van der Waals surface area contributed by atoms with Gasteiger partial charge in [0.2, 0.25) is 0 Å². The quantitative estimate of drug-likeness (QED) is 0.853. The Kier molecular flexibility index (Phi) is 5.70. The summed E-state index contributed by atoms with van der Waals surface area (Å²) >= 11 is 0. The van der Waals surface area contributed by atoms with Crippen molar-refractivity contribution in [1.82, 2.24) is 15.2 Å². The number of amides is 1. The summed E-state index contributed by atoms with van der Waals surface area (Å²) in [5.41, 5.74) is 2.40. The van der Waals surface area contributed by atoms with Crippen LogP contribution in [0, 0.1) is 19.8 Å². The number of aryl methyl sites for hydroxylation is 2. The molecule has 1 aliphatic rings. The Labute approximate surface area is 126 Å². The SMILES string of the molecule is Cc1cc(C(=O)NCCN2CCC[C@H](CO)C2)cc(C)n1. The van der Waals surface area contributed by atoms with Gasteiger partial charge in [-0.2, -0.15) is 0 Å². The Balaban J connectivity index is 1.79. The molecule has 0 aliphatic carbocycles. The molecule has 1 aromatic heterocycles. The van der Waals surface area contributed by atoms with Gasteiger partial charge in [0, 0.05) is 43.2 Å². The van der Waals surface area contributed by atoms with E-state index in [9.17, 15) is 9.90 Å². The Morgan fingerprint density at radius 3 is 2.81 bits per heavy atom. The van der Waals surface area contributed by atoms with Gasteiger partial charge < -0.3 is 15.3 Å². The molecule has 2 heterocycles. The smallest absolute Gasteiger partial charge is 0.251 e. The molecule has 2 N–H and O–H groups in total. The van der Waals surface area contributed by atoms with Gasteiger partial charge in [-0.05, 0) is 51.3 Å². The Bertz CT molecular complexity index is 470. The molecular formula is C16H25N3O2. The van der Waals surface area contributed by atoms with Crippen molar-refractivity contribution in [2.24, 2.45) is 5.92 Å². The Morgan fingerprint density at radius 1 is 1.43 bits per heavy atom. The molecule has 1 aliphatic heterocycles. The maximum atomic E-state index is 12.1. The molecule has 5 heteroatoms. The number of rotatable bonds is 5. The van der Waals surface area contributed by atoms with Gasteiger partial charge in [-0.3, -0.25) is 9.78 Å². The molecule has 0 aromatic carbocycles. The number of likely N-dealkylation sites (tertiary alicyclic amines) is 1. The standard InChI is InChI=1S/C16H25N3O2/c1-12-8-15(9-13(2)18-12)16(21)17-5-7-19-6-3-4-14(10-19)11-20/h8-9,14,20H,3-7,10-11H2,1-2H3,(H,17,21)/t14-/m0/s1. The van der Waals surface area contributed by atoms with Crippen molar-refractivity contribution in [2.45, 2.75) is 26.7 Å². The zero-order valence-electron chi connectivity index (χ0n) is 12.9. The molecule has 116 valence electrons. The van der Waals surface area contributed by atoms with Gasteiger partial charge in [0.15, 0.2) is 0 Å². The lowest BCUT2D eigenvalue weighted by atomic mass is 9.99. The van der Waals surface area contributed by atoms with Crippen molar-refractivity contribution in [3.05, 3.63) is 29.1 Å². The number of aliphatic hydroxyl groups is 1. The highest BCUT2D eigenvalue weighted by atomic mass is 16.3. The van der Waals surface area contributed by atoms with E-state index in [-0.39, 0.29) is 12.5 Å². The molecule has 1 fully saturated rings. The number of hydrogen-bond donors (Lipinski definition) is 2. The number of aliphatic hydroxyl groups excluding tert-OH is 1. The van der Waals surface area contributed by atoms with Crippen LogP contribution in [0.15, 0.2) is 12.1 Å². The first kappa shape index (κ1) is 15.9. The predicted molar refractivity (Wildman–Crippen MR) is 82.3 cm³/mol. The van der Waals surface area contributed by atoms with Crippen molar-refractivity contribution in [3.8, 4) is 0 Å². The van der Waals surface area contributed by atoms with E-state index < -0.39 is 0 Å². The summed E-state index contributed by atoms with van der Waals surface area (Å²) in [5.74, 6) is 0.347. The average molecular weight is 291 g/mol. The van der Waals surface area contributed by atoms with E-state index >= 15 is 0 Å². The number of nitrogens with zero attached hydrogens (tertiary/aromatic N) is 2. The van der Waals surface area contributed by atoms with E-state index in [0.717, 1.165) is 43.9 Å². The van der Waals surface area contributed by atoms with Gasteiger partial charge in [-0.15, -0.1) is 0 Å². The summed E-state index contributed by atoms with van der Waals surface area (Å²) in [6.45, 7) is 7.51. The number of piperidine rings is 1. The molecule has 1 saturated heterocycles. The third-order valence-electron chi connectivity index (χ3n) is 3.92. The van der Waals surface area contributed by atoms with Crippen LogP contribution >= 0.6 is 0 Å². The fourth-order valence-electron chi connectivity index (χ4n) is 2.90. The molecule has 0 unspecified atom stereocenters. The molecule has 1 atom stereocenters. The first-order chi connectivity index (χ1) is 10.1. The number of pyridine rings is 1. The third-order valence-corrected chi connectivity index (χ3v) is 3.92. The number of aromatic nitrogens is 1. The van der Waals surface area contributed by atoms with Crippen molar-refractivity contribution in [3.63, 3.8) is 0 Å². The predicted octanol–water partition coefficient (Wildman–Crippen LogP) is 1.13. The number of carbonyl (C=O) groups is 1.